The zero-order valence-corrected chi connectivity index (χ0v) is 20.8. The van der Waals surface area contributed by atoms with E-state index in [1.165, 1.54) is 5.56 Å². The van der Waals surface area contributed by atoms with Crippen molar-refractivity contribution in [2.75, 3.05) is 31.6 Å². The molecule has 2 saturated heterocycles. The number of carbonyl (C=O) groups excluding carboxylic acids is 1. The van der Waals surface area contributed by atoms with Gasteiger partial charge in [0.1, 0.15) is 11.7 Å². The topological polar surface area (TPSA) is 65.9 Å². The fourth-order valence-electron chi connectivity index (χ4n) is 5.63. The van der Waals surface area contributed by atoms with Gasteiger partial charge in [0.15, 0.2) is 0 Å². The third kappa shape index (κ3) is 4.01. The summed E-state index contributed by atoms with van der Waals surface area (Å²) in [5.74, 6) is 0.409. The fourth-order valence-corrected chi connectivity index (χ4v) is 5.63. The lowest BCUT2D eigenvalue weighted by Gasteiger charge is -2.56. The molecule has 3 heterocycles. The number of ether oxygens (including phenoxy) is 1. The normalized spacial score (nSPS) is 21.5. The molecule has 35 heavy (non-hydrogen) atoms. The van der Waals surface area contributed by atoms with Crippen LogP contribution in [0.4, 0.5) is 10.5 Å². The molecule has 0 spiro atoms. The van der Waals surface area contributed by atoms with Crippen LogP contribution in [0.25, 0.3) is 0 Å². The Hall–Kier alpha value is -3.22. The summed E-state index contributed by atoms with van der Waals surface area (Å²) in [6.45, 7) is 8.34. The summed E-state index contributed by atoms with van der Waals surface area (Å²) in [5, 5.41) is 12.4. The first-order valence-corrected chi connectivity index (χ1v) is 12.2. The van der Waals surface area contributed by atoms with Gasteiger partial charge in [0.05, 0.1) is 18.4 Å². The number of rotatable bonds is 6. The summed E-state index contributed by atoms with van der Waals surface area (Å²) in [7, 11) is 2.06. The molecule has 2 aliphatic heterocycles. The van der Waals surface area contributed by atoms with Gasteiger partial charge in [-0.25, -0.2) is 4.79 Å². The number of aromatic nitrogens is 1. The third-order valence-corrected chi connectivity index (χ3v) is 7.54. The van der Waals surface area contributed by atoms with Crippen molar-refractivity contribution in [1.29, 1.82) is 0 Å². The lowest BCUT2D eigenvalue weighted by atomic mass is 9.62. The van der Waals surface area contributed by atoms with E-state index in [4.69, 9.17) is 4.74 Å². The smallest absolute Gasteiger partial charge is 0.415 e. The summed E-state index contributed by atoms with van der Waals surface area (Å²) in [4.78, 5) is 21.1. The van der Waals surface area contributed by atoms with Crippen LogP contribution in [-0.2, 0) is 10.3 Å². The van der Waals surface area contributed by atoms with E-state index in [2.05, 4.69) is 49.8 Å². The number of cyclic esters (lactones) is 1. The largest absolute Gasteiger partial charge is 0.439 e. The molecule has 1 unspecified atom stereocenters. The number of nitrogens with zero attached hydrogens (tertiary/aromatic N) is 3. The van der Waals surface area contributed by atoms with Crippen LogP contribution in [0, 0.1) is 5.41 Å². The van der Waals surface area contributed by atoms with Gasteiger partial charge in [-0.3, -0.25) is 9.88 Å². The van der Waals surface area contributed by atoms with Crippen LogP contribution in [0.2, 0.25) is 0 Å². The Balaban J connectivity index is 1.52. The molecule has 1 N–H and O–H groups in total. The Labute approximate surface area is 207 Å². The second-order valence-electron chi connectivity index (χ2n) is 10.5. The zero-order chi connectivity index (χ0) is 24.8. The van der Waals surface area contributed by atoms with Crippen LogP contribution < -0.4 is 4.90 Å². The molecule has 2 aliphatic rings. The van der Waals surface area contributed by atoms with E-state index < -0.39 is 17.1 Å². The molecular formula is C29H33N3O3. The molecule has 6 heteroatoms. The van der Waals surface area contributed by atoms with Gasteiger partial charge < -0.3 is 14.7 Å². The molecule has 0 radical (unpaired) electrons. The van der Waals surface area contributed by atoms with Crippen LogP contribution in [0.15, 0.2) is 73.1 Å². The van der Waals surface area contributed by atoms with Gasteiger partial charge in [-0.05, 0) is 35.7 Å². The Morgan fingerprint density at radius 3 is 2.37 bits per heavy atom. The number of anilines is 1. The van der Waals surface area contributed by atoms with Crippen LogP contribution in [0.1, 0.15) is 55.0 Å². The summed E-state index contributed by atoms with van der Waals surface area (Å²) >= 11 is 0. The van der Waals surface area contributed by atoms with E-state index in [0.29, 0.717) is 23.7 Å². The van der Waals surface area contributed by atoms with E-state index in [0.717, 1.165) is 24.2 Å². The number of pyridine rings is 1. The number of hydrogen-bond donors (Lipinski definition) is 1. The Bertz CT molecular complexity index is 1210. The SMILES string of the molecule is CC(C)c1ccc([C@](O)(c2cncc(N3CC(c4ccccc4)OC3=O)c2)C2(C)CN(C)C2)cc1. The maximum atomic E-state index is 12.8. The number of likely N-dealkylation sites (tertiary alicyclic amines) is 1. The van der Waals surface area contributed by atoms with E-state index in [1.807, 2.05) is 48.5 Å². The number of hydrogen-bond acceptors (Lipinski definition) is 5. The van der Waals surface area contributed by atoms with Crippen molar-refractivity contribution < 1.29 is 14.6 Å². The molecule has 1 aromatic heterocycles. The molecule has 0 saturated carbocycles. The van der Waals surface area contributed by atoms with Gasteiger partial charge in [-0.1, -0.05) is 75.4 Å². The average Bonchev–Trinajstić information content (AvgIpc) is 3.25. The molecule has 2 atom stereocenters. The minimum atomic E-state index is -1.26. The van der Waals surface area contributed by atoms with Crippen LogP contribution >= 0.6 is 0 Å². The van der Waals surface area contributed by atoms with E-state index >= 15 is 0 Å². The number of aliphatic hydroxyl groups is 1. The number of carbonyl (C=O) groups is 1. The molecule has 182 valence electrons. The highest BCUT2D eigenvalue weighted by molar-refractivity contribution is 5.89. The highest BCUT2D eigenvalue weighted by Gasteiger charge is 2.55. The minimum absolute atomic E-state index is 0.340. The molecule has 3 aromatic rings. The van der Waals surface area contributed by atoms with E-state index in [1.54, 1.807) is 17.3 Å². The number of benzene rings is 2. The van der Waals surface area contributed by atoms with Crippen LogP contribution in [0.5, 0.6) is 0 Å². The first-order chi connectivity index (χ1) is 16.7. The lowest BCUT2D eigenvalue weighted by Crippen LogP contribution is -2.63. The molecule has 5 rings (SSSR count). The molecule has 0 bridgehead atoms. The van der Waals surface area contributed by atoms with Crippen molar-refractivity contribution in [1.82, 2.24) is 9.88 Å². The molecule has 2 fully saturated rings. The van der Waals surface area contributed by atoms with Crippen molar-refractivity contribution in [2.45, 2.75) is 38.4 Å². The van der Waals surface area contributed by atoms with E-state index in [-0.39, 0.29) is 6.10 Å². The van der Waals surface area contributed by atoms with Crippen LogP contribution in [-0.4, -0.2) is 47.8 Å². The average molecular weight is 472 g/mol. The zero-order valence-electron chi connectivity index (χ0n) is 20.8. The third-order valence-electron chi connectivity index (χ3n) is 7.54. The first kappa shape index (κ1) is 23.5. The van der Waals surface area contributed by atoms with Crippen LogP contribution in [0.3, 0.4) is 0 Å². The maximum Gasteiger partial charge on any atom is 0.415 e. The summed E-state index contributed by atoms with van der Waals surface area (Å²) in [6.07, 6.45) is 2.64. The van der Waals surface area contributed by atoms with E-state index in [9.17, 15) is 9.90 Å². The summed E-state index contributed by atoms with van der Waals surface area (Å²) in [6, 6.07) is 19.9. The summed E-state index contributed by atoms with van der Waals surface area (Å²) < 4.78 is 5.66. The van der Waals surface area contributed by atoms with Crippen molar-refractivity contribution in [3.05, 3.63) is 95.3 Å². The second-order valence-corrected chi connectivity index (χ2v) is 10.5. The molecule has 6 nitrogen and oxygen atoms in total. The maximum absolute atomic E-state index is 12.8. The highest BCUT2D eigenvalue weighted by Crippen LogP contribution is 2.50. The monoisotopic (exact) mass is 471 g/mol. The van der Waals surface area contributed by atoms with Crippen molar-refractivity contribution in [3.63, 3.8) is 0 Å². The van der Waals surface area contributed by atoms with Gasteiger partial charge in [0.25, 0.3) is 0 Å². The predicted molar refractivity (Wildman–Crippen MR) is 136 cm³/mol. The molecule has 0 aliphatic carbocycles. The van der Waals surface area contributed by atoms with Gasteiger partial charge in [-0.2, -0.15) is 0 Å². The Kier molecular flexibility index (Phi) is 5.90. The predicted octanol–water partition coefficient (Wildman–Crippen LogP) is 5.09. The highest BCUT2D eigenvalue weighted by atomic mass is 16.6. The quantitative estimate of drug-likeness (QED) is 0.542. The molecule has 2 aromatic carbocycles. The van der Waals surface area contributed by atoms with Gasteiger partial charge in [0, 0.05) is 30.3 Å². The van der Waals surface area contributed by atoms with Gasteiger partial charge in [-0.15, -0.1) is 0 Å². The van der Waals surface area contributed by atoms with Gasteiger partial charge in [0.2, 0.25) is 0 Å². The lowest BCUT2D eigenvalue weighted by molar-refractivity contribution is -0.127. The Morgan fingerprint density at radius 1 is 1.06 bits per heavy atom. The fraction of sp³-hybridized carbons (Fsp3) is 0.379. The standard InChI is InChI=1S/C29H33N3O3/c1-20(2)21-10-12-23(13-11-21)29(34,28(3)18-31(4)19-28)24-14-25(16-30-15-24)32-17-26(35-27(32)33)22-8-6-5-7-9-22/h5-16,20,26,34H,17-19H2,1-4H3/t26?,29-/m0/s1. The summed E-state index contributed by atoms with van der Waals surface area (Å²) in [5.41, 5.74) is 2.66. The minimum Gasteiger partial charge on any atom is -0.439 e. The van der Waals surface area contributed by atoms with Crippen molar-refractivity contribution in [3.8, 4) is 0 Å². The van der Waals surface area contributed by atoms with Crippen molar-refractivity contribution in [2.24, 2.45) is 5.41 Å². The first-order valence-electron chi connectivity index (χ1n) is 12.2. The Morgan fingerprint density at radius 2 is 1.74 bits per heavy atom. The molecule has 1 amide bonds. The van der Waals surface area contributed by atoms with Gasteiger partial charge >= 0.3 is 6.09 Å². The number of amides is 1. The molecular weight excluding hydrogens is 438 g/mol. The van der Waals surface area contributed by atoms with Crippen molar-refractivity contribution >= 4 is 11.8 Å². The second kappa shape index (κ2) is 8.77.